The van der Waals surface area contributed by atoms with E-state index in [4.69, 9.17) is 24.0 Å². The summed E-state index contributed by atoms with van der Waals surface area (Å²) in [6, 6.07) is 3.37. The summed E-state index contributed by atoms with van der Waals surface area (Å²) in [7, 11) is -5.00. The first-order valence-corrected chi connectivity index (χ1v) is 10.5. The number of nitrogens with one attached hydrogen (secondary N) is 1. The summed E-state index contributed by atoms with van der Waals surface area (Å²) in [6.45, 7) is -0.828. The van der Waals surface area contributed by atoms with E-state index in [2.05, 4.69) is 0 Å². The van der Waals surface area contributed by atoms with Crippen LogP contribution in [-0.2, 0) is 13.8 Å². The van der Waals surface area contributed by atoms with Crippen molar-refractivity contribution in [1.29, 1.82) is 0 Å². The molecule has 0 bridgehead atoms. The number of carboxylic acid groups (broad SMARTS) is 2. The Balaban J connectivity index is 1.72. The molecule has 6 N–H and O–H groups in total. The maximum Gasteiger partial charge on any atom is 0.527 e. The van der Waals surface area contributed by atoms with Crippen molar-refractivity contribution in [2.75, 3.05) is 6.61 Å². The molecule has 2 heterocycles. The lowest BCUT2D eigenvalue weighted by atomic mass is 10.1. The van der Waals surface area contributed by atoms with Crippen molar-refractivity contribution in [3.63, 3.8) is 0 Å². The van der Waals surface area contributed by atoms with Crippen molar-refractivity contribution >= 4 is 19.8 Å². The molecule has 0 aliphatic carbocycles. The highest BCUT2D eigenvalue weighted by Crippen LogP contribution is 2.45. The van der Waals surface area contributed by atoms with Gasteiger partial charge in [-0.3, -0.25) is 23.8 Å². The Kier molecular flexibility index (Phi) is 6.83. The maximum atomic E-state index is 12.3. The van der Waals surface area contributed by atoms with Crippen molar-refractivity contribution < 1.29 is 53.3 Å². The first kappa shape index (κ1) is 24.3. The van der Waals surface area contributed by atoms with Crippen molar-refractivity contribution in [3.8, 4) is 5.75 Å². The van der Waals surface area contributed by atoms with Gasteiger partial charge in [0.25, 0.3) is 5.56 Å². The summed E-state index contributed by atoms with van der Waals surface area (Å²) in [5, 5.41) is 38.4. The van der Waals surface area contributed by atoms with E-state index in [1.165, 1.54) is 0 Å². The normalized spacial score (nSPS) is 24.2. The fourth-order valence-corrected chi connectivity index (χ4v) is 3.71. The first-order chi connectivity index (χ1) is 15.4. The zero-order valence-electron chi connectivity index (χ0n) is 16.3. The topological polar surface area (TPSA) is 235 Å². The highest BCUT2D eigenvalue weighted by atomic mass is 31.2. The third-order valence-electron chi connectivity index (χ3n) is 4.49. The van der Waals surface area contributed by atoms with Crippen molar-refractivity contribution in [1.82, 2.24) is 9.55 Å². The summed E-state index contributed by atoms with van der Waals surface area (Å²) in [6.07, 6.45) is -5.22. The smallest absolute Gasteiger partial charge is 0.478 e. The van der Waals surface area contributed by atoms with Gasteiger partial charge in [-0.25, -0.2) is 18.9 Å². The number of carboxylic acids is 2. The van der Waals surface area contributed by atoms with Crippen molar-refractivity contribution in [2.24, 2.45) is 0 Å². The Hall–Kier alpha value is -3.33. The second-order valence-corrected chi connectivity index (χ2v) is 8.15. The monoisotopic (exact) mass is 488 g/mol. The van der Waals surface area contributed by atoms with Crippen LogP contribution in [0.3, 0.4) is 0 Å². The number of aromatic amines is 1. The number of phosphoric ester groups is 1. The molecular weight excluding hydrogens is 471 g/mol. The van der Waals surface area contributed by atoms with Gasteiger partial charge in [-0.1, -0.05) is 0 Å². The van der Waals surface area contributed by atoms with E-state index in [0.717, 1.165) is 35.0 Å². The van der Waals surface area contributed by atoms with Crippen LogP contribution in [-0.4, -0.2) is 71.7 Å². The Morgan fingerprint density at radius 3 is 2.24 bits per heavy atom. The van der Waals surface area contributed by atoms with Crippen LogP contribution >= 0.6 is 7.82 Å². The summed E-state index contributed by atoms with van der Waals surface area (Å²) in [5.41, 5.74) is -2.71. The van der Waals surface area contributed by atoms with Gasteiger partial charge in [0.15, 0.2) is 6.23 Å². The molecule has 0 spiro atoms. The lowest BCUT2D eigenvalue weighted by molar-refractivity contribution is -0.0540. The van der Waals surface area contributed by atoms with Gasteiger partial charge in [-0.15, -0.1) is 0 Å². The van der Waals surface area contributed by atoms with Crippen LogP contribution in [0.5, 0.6) is 5.75 Å². The van der Waals surface area contributed by atoms with Crippen LogP contribution in [0.2, 0.25) is 0 Å². The molecular formula is C17H17N2O13P. The number of ether oxygens (including phenoxy) is 1. The third kappa shape index (κ3) is 5.54. The number of phosphoric acid groups is 1. The molecule has 1 aliphatic rings. The number of carbonyl (C=O) groups is 2. The Morgan fingerprint density at radius 2 is 1.70 bits per heavy atom. The fourth-order valence-electron chi connectivity index (χ4n) is 2.95. The molecule has 2 aromatic rings. The Labute approximate surface area is 182 Å². The number of H-pyrrole nitrogens is 1. The minimum atomic E-state index is -5.00. The highest BCUT2D eigenvalue weighted by Gasteiger charge is 2.45. The Morgan fingerprint density at radius 1 is 1.09 bits per heavy atom. The molecule has 0 radical (unpaired) electrons. The third-order valence-corrected chi connectivity index (χ3v) is 5.40. The molecule has 0 amide bonds. The van der Waals surface area contributed by atoms with E-state index < -0.39 is 79.0 Å². The van der Waals surface area contributed by atoms with Gasteiger partial charge in [-0.2, -0.15) is 0 Å². The van der Waals surface area contributed by atoms with Crippen LogP contribution in [0.15, 0.2) is 40.1 Å². The maximum absolute atomic E-state index is 12.3. The zero-order chi connectivity index (χ0) is 24.5. The lowest BCUT2D eigenvalue weighted by Crippen LogP contribution is -2.37. The van der Waals surface area contributed by atoms with Crippen LogP contribution in [0.1, 0.15) is 26.9 Å². The minimum Gasteiger partial charge on any atom is -0.478 e. The predicted octanol–water partition coefficient (Wildman–Crippen LogP) is -1.25. The van der Waals surface area contributed by atoms with Crippen LogP contribution in [0.4, 0.5) is 0 Å². The number of aromatic carboxylic acids is 2. The zero-order valence-corrected chi connectivity index (χ0v) is 17.2. The van der Waals surface area contributed by atoms with Crippen LogP contribution in [0.25, 0.3) is 0 Å². The van der Waals surface area contributed by atoms with Gasteiger partial charge in [0, 0.05) is 12.3 Å². The Bertz CT molecular complexity index is 1210. The molecule has 15 nitrogen and oxygen atoms in total. The van der Waals surface area contributed by atoms with Gasteiger partial charge in [0.1, 0.15) is 24.1 Å². The average molecular weight is 488 g/mol. The number of aliphatic hydroxyl groups is 2. The summed E-state index contributed by atoms with van der Waals surface area (Å²) in [5.74, 6) is -3.63. The SMILES string of the molecule is O=C(O)c1cc(OP(=O)(O)OC[C@H]2O[C@@H](n3ccc(=O)[nH]c3=O)[C@H](O)[C@@H]2O)cc(C(=O)O)c1. The second-order valence-electron chi connectivity index (χ2n) is 6.78. The first-order valence-electron chi connectivity index (χ1n) is 8.99. The second kappa shape index (κ2) is 9.27. The van der Waals surface area contributed by atoms with E-state index in [-0.39, 0.29) is 0 Å². The molecule has 1 fully saturated rings. The van der Waals surface area contributed by atoms with E-state index in [1.807, 2.05) is 4.98 Å². The summed E-state index contributed by atoms with van der Waals surface area (Å²) < 4.78 is 27.8. The van der Waals surface area contributed by atoms with Crippen molar-refractivity contribution in [2.45, 2.75) is 24.5 Å². The number of hydrogen-bond donors (Lipinski definition) is 6. The fraction of sp³-hybridized carbons (Fsp3) is 0.294. The lowest BCUT2D eigenvalue weighted by Gasteiger charge is -2.18. The molecule has 16 heteroatoms. The molecule has 178 valence electrons. The number of aromatic nitrogens is 2. The molecule has 1 unspecified atom stereocenters. The van der Waals surface area contributed by atoms with Crippen LogP contribution in [0, 0.1) is 0 Å². The van der Waals surface area contributed by atoms with E-state index in [1.54, 1.807) is 0 Å². The van der Waals surface area contributed by atoms with Gasteiger partial charge < -0.3 is 29.7 Å². The average Bonchev–Trinajstić information content (AvgIpc) is 3.00. The number of nitrogens with zero attached hydrogens (tertiary/aromatic N) is 1. The van der Waals surface area contributed by atoms with Gasteiger partial charge in [0.2, 0.25) is 0 Å². The predicted molar refractivity (Wildman–Crippen MR) is 104 cm³/mol. The minimum absolute atomic E-state index is 0.531. The standard InChI is InChI=1S/C17H17N2O13P/c20-11-1-2-19(17(27)18-11)14-13(22)12(21)10(31-14)6-30-33(28,29)32-9-4-7(15(23)24)3-8(5-9)16(25)26/h1-5,10,12-14,21-22H,6H2,(H,23,24)(H,25,26)(H,28,29)(H,18,20,27)/t10-,12-,13-,14-/m1/s1. The molecule has 1 aromatic carbocycles. The van der Waals surface area contributed by atoms with E-state index in [0.29, 0.717) is 0 Å². The number of benzene rings is 1. The van der Waals surface area contributed by atoms with Crippen molar-refractivity contribution in [3.05, 3.63) is 62.4 Å². The molecule has 5 atom stereocenters. The molecule has 1 saturated heterocycles. The molecule has 1 aromatic heterocycles. The van der Waals surface area contributed by atoms with E-state index >= 15 is 0 Å². The summed E-state index contributed by atoms with van der Waals surface area (Å²) >= 11 is 0. The molecule has 1 aliphatic heterocycles. The highest BCUT2D eigenvalue weighted by molar-refractivity contribution is 7.47. The van der Waals surface area contributed by atoms with E-state index in [9.17, 15) is 38.8 Å². The molecule has 0 saturated carbocycles. The summed E-state index contributed by atoms with van der Waals surface area (Å²) in [4.78, 5) is 57.1. The number of rotatable bonds is 8. The van der Waals surface area contributed by atoms with Gasteiger partial charge in [0.05, 0.1) is 17.7 Å². The van der Waals surface area contributed by atoms with Gasteiger partial charge >= 0.3 is 25.5 Å². The number of aliphatic hydroxyl groups excluding tert-OH is 2. The quantitative estimate of drug-likeness (QED) is 0.239. The number of hydrogen-bond acceptors (Lipinski definition) is 10. The molecule has 3 rings (SSSR count). The largest absolute Gasteiger partial charge is 0.527 e. The molecule has 33 heavy (non-hydrogen) atoms. The van der Waals surface area contributed by atoms with Gasteiger partial charge in [-0.05, 0) is 18.2 Å². The van der Waals surface area contributed by atoms with Crippen LogP contribution < -0.4 is 15.8 Å².